The highest BCUT2D eigenvalue weighted by Gasteiger charge is 2.53. The van der Waals surface area contributed by atoms with Crippen molar-refractivity contribution in [2.75, 3.05) is 17.8 Å². The number of carbonyl (C=O) groups is 2. The Morgan fingerprint density at radius 3 is 2.52 bits per heavy atom. The second kappa shape index (κ2) is 6.11. The summed E-state index contributed by atoms with van der Waals surface area (Å²) in [4.78, 5) is 28.9. The molecule has 2 saturated heterocycles. The number of aryl methyl sites for hydroxylation is 1. The van der Waals surface area contributed by atoms with Crippen molar-refractivity contribution in [3.8, 4) is 5.75 Å². The summed E-state index contributed by atoms with van der Waals surface area (Å²) in [6, 6.07) is 14.5. The van der Waals surface area contributed by atoms with Crippen LogP contribution >= 0.6 is 11.8 Å². The van der Waals surface area contributed by atoms with Crippen LogP contribution in [0.1, 0.15) is 16.5 Å². The number of hydrogen-bond donors (Lipinski definition) is 0. The molecule has 4 rings (SSSR count). The quantitative estimate of drug-likeness (QED) is 0.791. The van der Waals surface area contributed by atoms with Gasteiger partial charge in [0.05, 0.1) is 12.8 Å². The number of urea groups is 1. The number of anilines is 1. The Morgan fingerprint density at radius 2 is 1.80 bits per heavy atom. The van der Waals surface area contributed by atoms with E-state index >= 15 is 0 Å². The minimum absolute atomic E-state index is 0.137. The number of benzene rings is 2. The lowest BCUT2D eigenvalue weighted by atomic mass is 10.1. The summed E-state index contributed by atoms with van der Waals surface area (Å²) in [5, 5.41) is -0.137. The van der Waals surface area contributed by atoms with Crippen LogP contribution in [-0.4, -0.2) is 35.7 Å². The fraction of sp³-hybridized carbons (Fsp3) is 0.263. The molecule has 0 aliphatic carbocycles. The van der Waals surface area contributed by atoms with Gasteiger partial charge in [0, 0.05) is 5.75 Å². The van der Waals surface area contributed by atoms with E-state index in [0.717, 1.165) is 5.56 Å². The second-order valence-electron chi connectivity index (χ2n) is 6.15. The number of amides is 3. The first-order valence-electron chi connectivity index (χ1n) is 8.09. The summed E-state index contributed by atoms with van der Waals surface area (Å²) in [6.45, 7) is 2.03. The first-order valence-corrected chi connectivity index (χ1v) is 9.14. The maximum Gasteiger partial charge on any atom is 0.333 e. The third kappa shape index (κ3) is 2.48. The lowest BCUT2D eigenvalue weighted by Gasteiger charge is -2.23. The number of carbonyl (C=O) groups excluding carboxylic acids is 2. The Hall–Kier alpha value is -2.47. The molecule has 0 N–H and O–H groups in total. The molecular formula is C19H18N2O3S. The number of methoxy groups -OCH3 is 1. The largest absolute Gasteiger partial charge is 0.495 e. The van der Waals surface area contributed by atoms with Gasteiger partial charge in [-0.2, -0.15) is 0 Å². The lowest BCUT2D eigenvalue weighted by molar-refractivity contribution is -0.119. The average molecular weight is 354 g/mol. The van der Waals surface area contributed by atoms with E-state index in [1.807, 2.05) is 37.3 Å². The summed E-state index contributed by atoms with van der Waals surface area (Å²) < 4.78 is 5.33. The summed E-state index contributed by atoms with van der Waals surface area (Å²) in [6.07, 6.45) is 0. The van der Waals surface area contributed by atoms with Crippen LogP contribution in [0.25, 0.3) is 0 Å². The van der Waals surface area contributed by atoms with Crippen molar-refractivity contribution < 1.29 is 14.3 Å². The number of ether oxygens (including phenoxy) is 1. The smallest absolute Gasteiger partial charge is 0.333 e. The highest BCUT2D eigenvalue weighted by molar-refractivity contribution is 7.99. The molecule has 0 spiro atoms. The summed E-state index contributed by atoms with van der Waals surface area (Å²) in [5.41, 5.74) is 2.71. The zero-order chi connectivity index (χ0) is 17.6. The Labute approximate surface area is 150 Å². The average Bonchev–Trinajstić information content (AvgIpc) is 3.16. The van der Waals surface area contributed by atoms with Gasteiger partial charge in [0.25, 0.3) is 5.91 Å². The maximum atomic E-state index is 13.1. The van der Waals surface area contributed by atoms with Crippen LogP contribution in [-0.2, 0) is 4.79 Å². The van der Waals surface area contributed by atoms with Crippen LogP contribution in [0.3, 0.4) is 0 Å². The second-order valence-corrected chi connectivity index (χ2v) is 7.26. The van der Waals surface area contributed by atoms with Crippen LogP contribution in [0.2, 0.25) is 0 Å². The molecule has 0 bridgehead atoms. The van der Waals surface area contributed by atoms with Gasteiger partial charge < -0.3 is 4.74 Å². The van der Waals surface area contributed by atoms with E-state index in [-0.39, 0.29) is 17.3 Å². The summed E-state index contributed by atoms with van der Waals surface area (Å²) in [5.74, 6) is 0.941. The molecule has 2 aliphatic rings. The van der Waals surface area contributed by atoms with Gasteiger partial charge in [0.2, 0.25) is 0 Å². The van der Waals surface area contributed by atoms with E-state index < -0.39 is 6.04 Å². The molecule has 5 nitrogen and oxygen atoms in total. The Bertz CT molecular complexity index is 837. The molecule has 2 heterocycles. The first-order chi connectivity index (χ1) is 12.1. The first kappa shape index (κ1) is 16.0. The van der Waals surface area contributed by atoms with Gasteiger partial charge in [-0.1, -0.05) is 42.0 Å². The van der Waals surface area contributed by atoms with Gasteiger partial charge >= 0.3 is 6.03 Å². The lowest BCUT2D eigenvalue weighted by Crippen LogP contribution is -2.34. The summed E-state index contributed by atoms with van der Waals surface area (Å²) >= 11 is 1.63. The van der Waals surface area contributed by atoms with Crippen LogP contribution in [0.5, 0.6) is 5.75 Å². The molecule has 2 atom stereocenters. The molecule has 6 heteroatoms. The van der Waals surface area contributed by atoms with Crippen molar-refractivity contribution in [1.29, 1.82) is 0 Å². The molecule has 128 valence electrons. The van der Waals surface area contributed by atoms with Crippen LogP contribution in [0.15, 0.2) is 48.5 Å². The zero-order valence-electron chi connectivity index (χ0n) is 14.0. The third-order valence-electron chi connectivity index (χ3n) is 4.61. The number of fused-ring (bicyclic) bond motifs is 1. The molecule has 2 aromatic rings. The van der Waals surface area contributed by atoms with Crippen LogP contribution in [0, 0.1) is 6.92 Å². The molecule has 2 fully saturated rings. The van der Waals surface area contributed by atoms with Gasteiger partial charge in [-0.3, -0.25) is 9.69 Å². The van der Waals surface area contributed by atoms with Gasteiger partial charge in [0.15, 0.2) is 0 Å². The maximum absolute atomic E-state index is 13.1. The Kier molecular flexibility index (Phi) is 3.92. The number of thioether (sulfide) groups is 1. The van der Waals surface area contributed by atoms with E-state index in [0.29, 0.717) is 17.2 Å². The zero-order valence-corrected chi connectivity index (χ0v) is 14.8. The SMILES string of the molecule is COc1ccccc1N1C(=O)[C@@H]2CS[C@H](c3ccc(C)cc3)N2C1=O. The highest BCUT2D eigenvalue weighted by Crippen LogP contribution is 2.47. The van der Waals surface area contributed by atoms with E-state index in [4.69, 9.17) is 4.74 Å². The molecule has 0 aromatic heterocycles. The highest BCUT2D eigenvalue weighted by atomic mass is 32.2. The fourth-order valence-electron chi connectivity index (χ4n) is 3.31. The number of imide groups is 1. The fourth-order valence-corrected chi connectivity index (χ4v) is 4.73. The van der Waals surface area contributed by atoms with Crippen molar-refractivity contribution >= 4 is 29.4 Å². The molecule has 0 unspecified atom stereocenters. The van der Waals surface area contributed by atoms with E-state index in [1.165, 1.54) is 17.6 Å². The molecule has 0 saturated carbocycles. The Morgan fingerprint density at radius 1 is 1.08 bits per heavy atom. The monoisotopic (exact) mass is 354 g/mol. The topological polar surface area (TPSA) is 49.9 Å². The van der Waals surface area contributed by atoms with Gasteiger partial charge in [-0.05, 0) is 24.6 Å². The number of para-hydroxylation sites is 2. The van der Waals surface area contributed by atoms with Gasteiger partial charge in [-0.15, -0.1) is 11.8 Å². The standard InChI is InChI=1S/C19H18N2O3S/c1-12-7-9-13(10-8-12)18-21-15(11-25-18)17(22)20(19(21)23)14-5-3-4-6-16(14)24-2/h3-10,15,18H,11H2,1-2H3/t15-,18+/m0/s1. The van der Waals surface area contributed by atoms with Crippen molar-refractivity contribution in [2.24, 2.45) is 0 Å². The number of hydrogen-bond acceptors (Lipinski definition) is 4. The predicted molar refractivity (Wildman–Crippen MR) is 97.9 cm³/mol. The van der Waals surface area contributed by atoms with Gasteiger partial charge in [0.1, 0.15) is 17.2 Å². The van der Waals surface area contributed by atoms with Crippen molar-refractivity contribution in [1.82, 2.24) is 4.90 Å². The molecular weight excluding hydrogens is 336 g/mol. The van der Waals surface area contributed by atoms with E-state index in [1.54, 1.807) is 34.9 Å². The Balaban J connectivity index is 1.70. The minimum Gasteiger partial charge on any atom is -0.495 e. The normalized spacial score (nSPS) is 22.5. The third-order valence-corrected chi connectivity index (χ3v) is 5.93. The number of nitrogens with zero attached hydrogens (tertiary/aromatic N) is 2. The van der Waals surface area contributed by atoms with Crippen LogP contribution < -0.4 is 9.64 Å². The molecule has 3 amide bonds. The van der Waals surface area contributed by atoms with Gasteiger partial charge in [-0.25, -0.2) is 9.69 Å². The minimum atomic E-state index is -0.422. The molecule has 0 radical (unpaired) electrons. The van der Waals surface area contributed by atoms with Crippen molar-refractivity contribution in [3.05, 3.63) is 59.7 Å². The predicted octanol–water partition coefficient (Wildman–Crippen LogP) is 3.59. The van der Waals surface area contributed by atoms with E-state index in [9.17, 15) is 9.59 Å². The number of rotatable bonds is 3. The van der Waals surface area contributed by atoms with Crippen LogP contribution in [0.4, 0.5) is 10.5 Å². The summed E-state index contributed by atoms with van der Waals surface area (Å²) in [7, 11) is 1.54. The molecule has 25 heavy (non-hydrogen) atoms. The van der Waals surface area contributed by atoms with Crippen molar-refractivity contribution in [3.63, 3.8) is 0 Å². The molecule has 2 aromatic carbocycles. The van der Waals surface area contributed by atoms with E-state index in [2.05, 4.69) is 0 Å². The molecule has 2 aliphatic heterocycles. The van der Waals surface area contributed by atoms with Crippen molar-refractivity contribution in [2.45, 2.75) is 18.3 Å².